The Morgan fingerprint density at radius 1 is 1.00 bits per heavy atom. The summed E-state index contributed by atoms with van der Waals surface area (Å²) < 4.78 is 0. The van der Waals surface area contributed by atoms with E-state index in [0.717, 1.165) is 18.4 Å². The van der Waals surface area contributed by atoms with Gasteiger partial charge in [-0.1, -0.05) is 13.8 Å². The number of hydrogen-bond acceptors (Lipinski definition) is 2. The first kappa shape index (κ1) is 13.4. The number of likely N-dealkylation sites (tertiary alicyclic amines) is 1. The van der Waals surface area contributed by atoms with Gasteiger partial charge in [-0.05, 0) is 69.9 Å². The molecule has 0 bridgehead atoms. The van der Waals surface area contributed by atoms with E-state index in [4.69, 9.17) is 5.73 Å². The van der Waals surface area contributed by atoms with E-state index in [1.54, 1.807) is 0 Å². The second kappa shape index (κ2) is 5.71. The molecule has 1 heterocycles. The second-order valence-electron chi connectivity index (χ2n) is 6.63. The van der Waals surface area contributed by atoms with E-state index in [0.29, 0.717) is 5.54 Å². The molecule has 1 unspecified atom stereocenters. The smallest absolute Gasteiger partial charge is 0.0331 e. The summed E-state index contributed by atoms with van der Waals surface area (Å²) in [4.78, 5) is 2.75. The van der Waals surface area contributed by atoms with Crippen molar-refractivity contribution in [2.24, 2.45) is 17.6 Å². The Morgan fingerprint density at radius 3 is 2.29 bits per heavy atom. The molecule has 2 N–H and O–H groups in total. The minimum absolute atomic E-state index is 0.358. The zero-order valence-corrected chi connectivity index (χ0v) is 11.8. The average molecular weight is 238 g/mol. The molecule has 100 valence electrons. The van der Waals surface area contributed by atoms with Gasteiger partial charge in [-0.3, -0.25) is 4.90 Å². The Kier molecular flexibility index (Phi) is 4.48. The van der Waals surface area contributed by atoms with Crippen LogP contribution in [0.1, 0.15) is 58.8 Å². The van der Waals surface area contributed by atoms with Gasteiger partial charge in [0.25, 0.3) is 0 Å². The summed E-state index contributed by atoms with van der Waals surface area (Å²) in [6, 6.07) is 0. The lowest BCUT2D eigenvalue weighted by atomic mass is 9.76. The fourth-order valence-corrected chi connectivity index (χ4v) is 3.69. The van der Waals surface area contributed by atoms with Crippen LogP contribution in [0, 0.1) is 11.8 Å². The standard InChI is InChI=1S/C15H30N2/c1-13-4-3-10-17(11-7-13)15(12-16)8-5-14(2)6-9-15/h13-14H,3-12,16H2,1-2H3. The zero-order chi connectivity index (χ0) is 12.3. The molecule has 2 fully saturated rings. The maximum absolute atomic E-state index is 6.16. The van der Waals surface area contributed by atoms with E-state index in [2.05, 4.69) is 18.7 Å². The lowest BCUT2D eigenvalue weighted by Gasteiger charge is -2.47. The Bertz CT molecular complexity index is 231. The minimum atomic E-state index is 0.358. The third kappa shape index (κ3) is 3.03. The van der Waals surface area contributed by atoms with Crippen LogP contribution in [0.15, 0.2) is 0 Å². The van der Waals surface area contributed by atoms with Crippen molar-refractivity contribution in [3.63, 3.8) is 0 Å². The predicted octanol–water partition coefficient (Wildman–Crippen LogP) is 3.02. The molecule has 1 saturated carbocycles. The number of nitrogens with two attached hydrogens (primary N) is 1. The van der Waals surface area contributed by atoms with Crippen molar-refractivity contribution in [1.82, 2.24) is 4.90 Å². The van der Waals surface area contributed by atoms with Crippen molar-refractivity contribution in [1.29, 1.82) is 0 Å². The van der Waals surface area contributed by atoms with Gasteiger partial charge in [0.2, 0.25) is 0 Å². The summed E-state index contributed by atoms with van der Waals surface area (Å²) in [6.07, 6.45) is 9.58. The Labute approximate surface area is 107 Å². The summed E-state index contributed by atoms with van der Waals surface area (Å²) in [7, 11) is 0. The van der Waals surface area contributed by atoms with Gasteiger partial charge < -0.3 is 5.73 Å². The first-order valence-corrected chi connectivity index (χ1v) is 7.61. The maximum atomic E-state index is 6.16. The van der Waals surface area contributed by atoms with Gasteiger partial charge in [0, 0.05) is 12.1 Å². The van der Waals surface area contributed by atoms with E-state index in [9.17, 15) is 0 Å². The van der Waals surface area contributed by atoms with E-state index in [1.807, 2.05) is 0 Å². The fourth-order valence-electron chi connectivity index (χ4n) is 3.69. The third-order valence-corrected chi connectivity index (χ3v) is 5.27. The van der Waals surface area contributed by atoms with Gasteiger partial charge >= 0.3 is 0 Å². The monoisotopic (exact) mass is 238 g/mol. The van der Waals surface area contributed by atoms with E-state index in [-0.39, 0.29) is 0 Å². The van der Waals surface area contributed by atoms with Gasteiger partial charge in [-0.25, -0.2) is 0 Å². The topological polar surface area (TPSA) is 29.3 Å². The molecule has 2 nitrogen and oxygen atoms in total. The average Bonchev–Trinajstić information content (AvgIpc) is 2.56. The molecule has 2 heteroatoms. The molecule has 0 aromatic heterocycles. The van der Waals surface area contributed by atoms with Gasteiger partial charge in [0.15, 0.2) is 0 Å². The normalized spacial score (nSPS) is 41.1. The largest absolute Gasteiger partial charge is 0.329 e. The van der Waals surface area contributed by atoms with Crippen molar-refractivity contribution < 1.29 is 0 Å². The molecule has 2 rings (SSSR count). The molecule has 0 spiro atoms. The van der Waals surface area contributed by atoms with Crippen LogP contribution in [0.25, 0.3) is 0 Å². The molecule has 0 amide bonds. The summed E-state index contributed by atoms with van der Waals surface area (Å²) in [5.74, 6) is 1.83. The molecule has 1 atom stereocenters. The third-order valence-electron chi connectivity index (χ3n) is 5.27. The summed E-state index contributed by atoms with van der Waals surface area (Å²) in [6.45, 7) is 8.24. The van der Waals surface area contributed by atoms with Crippen LogP contribution in [0.5, 0.6) is 0 Å². The van der Waals surface area contributed by atoms with Crippen molar-refractivity contribution in [3.8, 4) is 0 Å². The van der Waals surface area contributed by atoms with Gasteiger partial charge in [-0.2, -0.15) is 0 Å². The van der Waals surface area contributed by atoms with Crippen LogP contribution in [0.3, 0.4) is 0 Å². The first-order valence-electron chi connectivity index (χ1n) is 7.61. The van der Waals surface area contributed by atoms with Crippen LogP contribution in [-0.4, -0.2) is 30.1 Å². The van der Waals surface area contributed by atoms with Crippen molar-refractivity contribution in [2.75, 3.05) is 19.6 Å². The molecular formula is C15H30N2. The van der Waals surface area contributed by atoms with Crippen molar-refractivity contribution in [2.45, 2.75) is 64.3 Å². The van der Waals surface area contributed by atoms with Crippen LogP contribution in [-0.2, 0) is 0 Å². The Balaban J connectivity index is 2.01. The molecule has 0 radical (unpaired) electrons. The quantitative estimate of drug-likeness (QED) is 0.801. The highest BCUT2D eigenvalue weighted by Gasteiger charge is 2.38. The molecule has 0 aromatic carbocycles. The van der Waals surface area contributed by atoms with E-state index >= 15 is 0 Å². The summed E-state index contributed by atoms with van der Waals surface area (Å²) in [5.41, 5.74) is 6.52. The van der Waals surface area contributed by atoms with Crippen LogP contribution in [0.2, 0.25) is 0 Å². The highest BCUT2D eigenvalue weighted by molar-refractivity contribution is 4.96. The van der Waals surface area contributed by atoms with Crippen molar-refractivity contribution >= 4 is 0 Å². The molecule has 2 aliphatic rings. The minimum Gasteiger partial charge on any atom is -0.329 e. The maximum Gasteiger partial charge on any atom is 0.0331 e. The van der Waals surface area contributed by atoms with Crippen molar-refractivity contribution in [3.05, 3.63) is 0 Å². The van der Waals surface area contributed by atoms with Gasteiger partial charge in [0.05, 0.1) is 0 Å². The molecule has 17 heavy (non-hydrogen) atoms. The number of nitrogens with zero attached hydrogens (tertiary/aromatic N) is 1. The summed E-state index contributed by atoms with van der Waals surface area (Å²) in [5, 5.41) is 0. The van der Waals surface area contributed by atoms with Crippen LogP contribution in [0.4, 0.5) is 0 Å². The van der Waals surface area contributed by atoms with Crippen LogP contribution >= 0.6 is 0 Å². The molecule has 0 aromatic rings. The molecule has 1 aliphatic carbocycles. The highest BCUT2D eigenvalue weighted by atomic mass is 15.2. The lowest BCUT2D eigenvalue weighted by Crippen LogP contribution is -2.56. The Hall–Kier alpha value is -0.0800. The Morgan fingerprint density at radius 2 is 1.65 bits per heavy atom. The van der Waals surface area contributed by atoms with Crippen LogP contribution < -0.4 is 5.73 Å². The number of hydrogen-bond donors (Lipinski definition) is 1. The summed E-state index contributed by atoms with van der Waals surface area (Å²) >= 11 is 0. The molecular weight excluding hydrogens is 208 g/mol. The SMILES string of the molecule is CC1CCCN(C2(CN)CCC(C)CC2)CC1. The van der Waals surface area contributed by atoms with Gasteiger partial charge in [-0.15, -0.1) is 0 Å². The number of rotatable bonds is 2. The molecule has 1 aliphatic heterocycles. The van der Waals surface area contributed by atoms with E-state index in [1.165, 1.54) is 58.0 Å². The molecule has 1 saturated heterocycles. The fraction of sp³-hybridized carbons (Fsp3) is 1.00. The predicted molar refractivity (Wildman–Crippen MR) is 74.0 cm³/mol. The van der Waals surface area contributed by atoms with Gasteiger partial charge in [0.1, 0.15) is 0 Å². The van der Waals surface area contributed by atoms with E-state index < -0.39 is 0 Å². The first-order chi connectivity index (χ1) is 8.16. The second-order valence-corrected chi connectivity index (χ2v) is 6.63. The zero-order valence-electron chi connectivity index (χ0n) is 11.8. The highest BCUT2D eigenvalue weighted by Crippen LogP contribution is 2.37. The lowest BCUT2D eigenvalue weighted by molar-refractivity contribution is 0.0469.